The third-order valence-electron chi connectivity index (χ3n) is 4.07. The zero-order valence-corrected chi connectivity index (χ0v) is 14.6. The lowest BCUT2D eigenvalue weighted by atomic mass is 10.2. The molecular formula is C20H17N3OS. The van der Waals surface area contributed by atoms with E-state index in [4.69, 9.17) is 0 Å². The Morgan fingerprint density at radius 2 is 2.12 bits per heavy atom. The van der Waals surface area contributed by atoms with Crippen molar-refractivity contribution >= 4 is 50.1 Å². The molecule has 2 aromatic heterocycles. The SMILES string of the molecule is CCn1ccc2cc(NC(=O)/C=C/c3nc4ccccc4s3)ccc21. The van der Waals surface area contributed by atoms with Gasteiger partial charge in [0.15, 0.2) is 0 Å². The number of para-hydroxylation sites is 1. The van der Waals surface area contributed by atoms with E-state index in [1.165, 1.54) is 11.6 Å². The lowest BCUT2D eigenvalue weighted by Crippen LogP contribution is -2.07. The highest BCUT2D eigenvalue weighted by molar-refractivity contribution is 7.19. The minimum Gasteiger partial charge on any atom is -0.348 e. The van der Waals surface area contributed by atoms with Gasteiger partial charge in [-0.15, -0.1) is 11.3 Å². The Bertz CT molecular complexity index is 1060. The molecular weight excluding hydrogens is 330 g/mol. The van der Waals surface area contributed by atoms with Crippen LogP contribution >= 0.6 is 11.3 Å². The van der Waals surface area contributed by atoms with E-state index in [-0.39, 0.29) is 5.91 Å². The third kappa shape index (κ3) is 3.19. The number of carbonyl (C=O) groups is 1. The topological polar surface area (TPSA) is 46.9 Å². The van der Waals surface area contributed by atoms with Crippen LogP contribution < -0.4 is 5.32 Å². The maximum atomic E-state index is 12.2. The summed E-state index contributed by atoms with van der Waals surface area (Å²) >= 11 is 1.57. The van der Waals surface area contributed by atoms with Gasteiger partial charge < -0.3 is 9.88 Å². The second-order valence-electron chi connectivity index (χ2n) is 5.72. The second-order valence-corrected chi connectivity index (χ2v) is 6.78. The van der Waals surface area contributed by atoms with Crippen molar-refractivity contribution in [3.63, 3.8) is 0 Å². The van der Waals surface area contributed by atoms with Crippen LogP contribution in [-0.4, -0.2) is 15.5 Å². The molecule has 0 fully saturated rings. The summed E-state index contributed by atoms with van der Waals surface area (Å²) in [4.78, 5) is 16.7. The number of carbonyl (C=O) groups excluding carboxylic acids is 1. The van der Waals surface area contributed by atoms with Gasteiger partial charge in [-0.2, -0.15) is 0 Å². The molecule has 1 N–H and O–H groups in total. The second kappa shape index (κ2) is 6.53. The number of aromatic nitrogens is 2. The summed E-state index contributed by atoms with van der Waals surface area (Å²) in [5, 5.41) is 4.85. The number of nitrogens with zero attached hydrogens (tertiary/aromatic N) is 2. The van der Waals surface area contributed by atoms with Crippen molar-refractivity contribution in [2.24, 2.45) is 0 Å². The van der Waals surface area contributed by atoms with E-state index in [0.29, 0.717) is 0 Å². The fourth-order valence-electron chi connectivity index (χ4n) is 2.85. The maximum absolute atomic E-state index is 12.2. The molecule has 1 amide bonds. The minimum absolute atomic E-state index is 0.159. The summed E-state index contributed by atoms with van der Waals surface area (Å²) < 4.78 is 3.29. The molecule has 0 saturated carbocycles. The first-order valence-electron chi connectivity index (χ1n) is 8.16. The van der Waals surface area contributed by atoms with Crippen LogP contribution in [0, 0.1) is 0 Å². The standard InChI is InChI=1S/C20H17N3OS/c1-2-23-12-11-14-13-15(7-8-17(14)23)21-19(24)9-10-20-22-16-5-3-4-6-18(16)25-20/h3-13H,2H2,1H3,(H,21,24)/b10-9+. The average Bonchev–Trinajstić information content (AvgIpc) is 3.22. The highest BCUT2D eigenvalue weighted by Gasteiger charge is 2.04. The average molecular weight is 347 g/mol. The monoisotopic (exact) mass is 347 g/mol. The van der Waals surface area contributed by atoms with Crippen molar-refractivity contribution in [2.45, 2.75) is 13.5 Å². The van der Waals surface area contributed by atoms with Gasteiger partial charge in [-0.1, -0.05) is 12.1 Å². The predicted octanol–water partition coefficient (Wildman–Crippen LogP) is 4.92. The van der Waals surface area contributed by atoms with Gasteiger partial charge in [-0.3, -0.25) is 4.79 Å². The smallest absolute Gasteiger partial charge is 0.248 e. The Labute approximate surface area is 149 Å². The largest absolute Gasteiger partial charge is 0.348 e. The molecule has 0 atom stereocenters. The van der Waals surface area contributed by atoms with Gasteiger partial charge >= 0.3 is 0 Å². The molecule has 0 aliphatic heterocycles. The van der Waals surface area contributed by atoms with Gasteiger partial charge in [0.25, 0.3) is 0 Å². The summed E-state index contributed by atoms with van der Waals surface area (Å²) in [5.41, 5.74) is 2.92. The maximum Gasteiger partial charge on any atom is 0.248 e. The van der Waals surface area contributed by atoms with E-state index in [0.717, 1.165) is 32.8 Å². The Morgan fingerprint density at radius 1 is 1.24 bits per heavy atom. The number of benzene rings is 2. The molecule has 2 aromatic carbocycles. The Kier molecular flexibility index (Phi) is 4.07. The molecule has 5 heteroatoms. The number of fused-ring (bicyclic) bond motifs is 2. The minimum atomic E-state index is -0.159. The lowest BCUT2D eigenvalue weighted by Gasteiger charge is -2.04. The number of hydrogen-bond donors (Lipinski definition) is 1. The van der Waals surface area contributed by atoms with Crippen LogP contribution in [0.4, 0.5) is 5.69 Å². The van der Waals surface area contributed by atoms with Gasteiger partial charge in [-0.25, -0.2) is 4.98 Å². The van der Waals surface area contributed by atoms with Gasteiger partial charge in [0.05, 0.1) is 10.2 Å². The summed E-state index contributed by atoms with van der Waals surface area (Å²) in [6.07, 6.45) is 5.34. The van der Waals surface area contributed by atoms with Gasteiger partial charge in [0.2, 0.25) is 5.91 Å². The fraction of sp³-hybridized carbons (Fsp3) is 0.100. The molecule has 0 bridgehead atoms. The first-order chi connectivity index (χ1) is 12.2. The van der Waals surface area contributed by atoms with Crippen LogP contribution in [0.1, 0.15) is 11.9 Å². The molecule has 0 radical (unpaired) electrons. The van der Waals surface area contributed by atoms with Gasteiger partial charge in [-0.05, 0) is 49.4 Å². The van der Waals surface area contributed by atoms with Crippen LogP contribution in [0.15, 0.2) is 60.8 Å². The first-order valence-corrected chi connectivity index (χ1v) is 8.98. The number of anilines is 1. The van der Waals surface area contributed by atoms with Crippen molar-refractivity contribution in [3.05, 3.63) is 65.8 Å². The Hall–Kier alpha value is -2.92. The van der Waals surface area contributed by atoms with Crippen LogP contribution in [0.25, 0.3) is 27.2 Å². The first kappa shape index (κ1) is 15.6. The summed E-state index contributed by atoms with van der Waals surface area (Å²) in [5.74, 6) is -0.159. The summed E-state index contributed by atoms with van der Waals surface area (Å²) in [6, 6.07) is 16.0. The van der Waals surface area contributed by atoms with E-state index < -0.39 is 0 Å². The van der Waals surface area contributed by atoms with Gasteiger partial charge in [0.1, 0.15) is 5.01 Å². The van der Waals surface area contributed by atoms with E-state index in [2.05, 4.69) is 34.1 Å². The molecule has 0 aliphatic rings. The predicted molar refractivity (Wildman–Crippen MR) is 105 cm³/mol. The molecule has 0 saturated heterocycles. The number of rotatable bonds is 4. The Balaban J connectivity index is 1.49. The lowest BCUT2D eigenvalue weighted by molar-refractivity contribution is -0.111. The molecule has 0 unspecified atom stereocenters. The molecule has 0 spiro atoms. The normalized spacial score (nSPS) is 11.6. The number of nitrogens with one attached hydrogen (secondary N) is 1. The number of amides is 1. The number of aryl methyl sites for hydroxylation is 1. The van der Waals surface area contributed by atoms with Crippen LogP contribution in [0.5, 0.6) is 0 Å². The van der Waals surface area contributed by atoms with Crippen LogP contribution in [0.3, 0.4) is 0 Å². The molecule has 124 valence electrons. The van der Waals surface area contributed by atoms with Crippen molar-refractivity contribution in [1.29, 1.82) is 0 Å². The van der Waals surface area contributed by atoms with Gasteiger partial charge in [0, 0.05) is 35.4 Å². The number of thiazole rings is 1. The Morgan fingerprint density at radius 3 is 2.96 bits per heavy atom. The van der Waals surface area contributed by atoms with E-state index in [1.54, 1.807) is 17.4 Å². The highest BCUT2D eigenvalue weighted by atomic mass is 32.1. The molecule has 0 aliphatic carbocycles. The highest BCUT2D eigenvalue weighted by Crippen LogP contribution is 2.23. The molecule has 2 heterocycles. The van der Waals surface area contributed by atoms with Crippen molar-refractivity contribution in [2.75, 3.05) is 5.32 Å². The van der Waals surface area contributed by atoms with E-state index in [1.807, 2.05) is 42.5 Å². The quantitative estimate of drug-likeness (QED) is 0.533. The van der Waals surface area contributed by atoms with Crippen LogP contribution in [-0.2, 0) is 11.3 Å². The van der Waals surface area contributed by atoms with E-state index >= 15 is 0 Å². The molecule has 4 nitrogen and oxygen atoms in total. The van der Waals surface area contributed by atoms with Crippen molar-refractivity contribution in [1.82, 2.24) is 9.55 Å². The molecule has 4 aromatic rings. The van der Waals surface area contributed by atoms with E-state index in [9.17, 15) is 4.79 Å². The van der Waals surface area contributed by atoms with Crippen molar-refractivity contribution < 1.29 is 4.79 Å². The zero-order valence-electron chi connectivity index (χ0n) is 13.8. The summed E-state index contributed by atoms with van der Waals surface area (Å²) in [7, 11) is 0. The van der Waals surface area contributed by atoms with Crippen molar-refractivity contribution in [3.8, 4) is 0 Å². The fourth-order valence-corrected chi connectivity index (χ4v) is 3.72. The third-order valence-corrected chi connectivity index (χ3v) is 5.07. The number of hydrogen-bond acceptors (Lipinski definition) is 3. The van der Waals surface area contributed by atoms with Crippen LogP contribution in [0.2, 0.25) is 0 Å². The summed E-state index contributed by atoms with van der Waals surface area (Å²) in [6.45, 7) is 3.04. The molecule has 25 heavy (non-hydrogen) atoms. The zero-order chi connectivity index (χ0) is 17.2. The molecule has 4 rings (SSSR count).